The topological polar surface area (TPSA) is 75.0 Å². The largest absolute Gasteiger partial charge is 0.469 e. The van der Waals surface area contributed by atoms with Gasteiger partial charge in [0.15, 0.2) is 0 Å². The maximum atomic E-state index is 10.6. The number of carbonyl (C=O) groups excluding carboxylic acids is 1. The summed E-state index contributed by atoms with van der Waals surface area (Å²) in [7, 11) is 1.30. The van der Waals surface area contributed by atoms with Crippen molar-refractivity contribution in [2.45, 2.75) is 6.42 Å². The summed E-state index contributed by atoms with van der Waals surface area (Å²) >= 11 is 0. The van der Waals surface area contributed by atoms with E-state index in [0.717, 1.165) is 0 Å². The minimum Gasteiger partial charge on any atom is -0.469 e. The molecule has 0 radical (unpaired) electrons. The van der Waals surface area contributed by atoms with Crippen molar-refractivity contribution in [3.05, 3.63) is 22.4 Å². The molecule has 1 heterocycles. The molecule has 5 heteroatoms. The predicted molar refractivity (Wildman–Crippen MR) is 37.1 cm³/mol. The molecule has 0 aromatic carbocycles. The number of carbonyl (C=O) groups is 1. The van der Waals surface area contributed by atoms with Crippen molar-refractivity contribution in [1.29, 1.82) is 0 Å². The number of esters is 1. The van der Waals surface area contributed by atoms with Crippen molar-refractivity contribution in [1.82, 2.24) is 9.97 Å². The Morgan fingerprint density at radius 2 is 2.45 bits per heavy atom. The van der Waals surface area contributed by atoms with Gasteiger partial charge in [-0.3, -0.25) is 4.79 Å². The zero-order chi connectivity index (χ0) is 8.27. The van der Waals surface area contributed by atoms with Crippen LogP contribution >= 0.6 is 0 Å². The SMILES string of the molecule is COC(=O)Cc1c[nH]c(=O)[nH]1. The van der Waals surface area contributed by atoms with Gasteiger partial charge < -0.3 is 14.7 Å². The van der Waals surface area contributed by atoms with Gasteiger partial charge in [0.2, 0.25) is 0 Å². The van der Waals surface area contributed by atoms with Gasteiger partial charge >= 0.3 is 11.7 Å². The highest BCUT2D eigenvalue weighted by molar-refractivity contribution is 5.71. The van der Waals surface area contributed by atoms with Gasteiger partial charge in [0.25, 0.3) is 0 Å². The molecule has 0 bridgehead atoms. The van der Waals surface area contributed by atoms with Crippen LogP contribution in [0.3, 0.4) is 0 Å². The summed E-state index contributed by atoms with van der Waals surface area (Å²) in [5.41, 5.74) is 0.214. The Kier molecular flexibility index (Phi) is 2.10. The average Bonchev–Trinajstić information content (AvgIpc) is 2.35. The van der Waals surface area contributed by atoms with Crippen LogP contribution in [-0.4, -0.2) is 23.0 Å². The number of ether oxygens (including phenoxy) is 1. The number of nitrogens with one attached hydrogen (secondary N) is 2. The molecule has 60 valence electrons. The molecule has 0 fully saturated rings. The number of rotatable bonds is 2. The van der Waals surface area contributed by atoms with Crippen LogP contribution in [0.2, 0.25) is 0 Å². The zero-order valence-corrected chi connectivity index (χ0v) is 6.01. The normalized spacial score (nSPS) is 9.55. The van der Waals surface area contributed by atoms with E-state index in [9.17, 15) is 9.59 Å². The maximum Gasteiger partial charge on any atom is 0.323 e. The van der Waals surface area contributed by atoms with Gasteiger partial charge in [-0.15, -0.1) is 0 Å². The van der Waals surface area contributed by atoms with Crippen molar-refractivity contribution in [3.8, 4) is 0 Å². The highest BCUT2D eigenvalue weighted by Gasteiger charge is 2.03. The number of hydrogen-bond donors (Lipinski definition) is 2. The predicted octanol–water partition coefficient (Wildman–Crippen LogP) is -0.582. The Labute approximate surface area is 62.4 Å². The van der Waals surface area contributed by atoms with Gasteiger partial charge in [-0.1, -0.05) is 0 Å². The van der Waals surface area contributed by atoms with Gasteiger partial charge in [0.1, 0.15) is 0 Å². The van der Waals surface area contributed by atoms with Crippen LogP contribution in [0, 0.1) is 0 Å². The molecule has 1 rings (SSSR count). The lowest BCUT2D eigenvalue weighted by atomic mass is 10.3. The quantitative estimate of drug-likeness (QED) is 0.562. The molecule has 5 nitrogen and oxygen atoms in total. The van der Waals surface area contributed by atoms with Crippen LogP contribution in [0.25, 0.3) is 0 Å². The molecule has 0 spiro atoms. The first-order valence-electron chi connectivity index (χ1n) is 3.06. The first-order chi connectivity index (χ1) is 5.22. The standard InChI is InChI=1S/C6H8N2O3/c1-11-5(9)2-4-3-7-6(10)8-4/h3H,2H2,1H3,(H2,7,8,10). The molecule has 1 aromatic heterocycles. The summed E-state index contributed by atoms with van der Waals surface area (Å²) < 4.78 is 4.39. The summed E-state index contributed by atoms with van der Waals surface area (Å²) in [5, 5.41) is 0. The second kappa shape index (κ2) is 3.05. The van der Waals surface area contributed by atoms with Crippen molar-refractivity contribution in [2.75, 3.05) is 7.11 Å². The summed E-state index contributed by atoms with van der Waals surface area (Å²) in [6.07, 6.45) is 1.54. The van der Waals surface area contributed by atoms with E-state index in [-0.39, 0.29) is 18.1 Å². The minimum absolute atomic E-state index is 0.0925. The highest BCUT2D eigenvalue weighted by Crippen LogP contribution is 1.90. The van der Waals surface area contributed by atoms with Crippen molar-refractivity contribution >= 4 is 5.97 Å². The molecule has 0 saturated heterocycles. The molecule has 1 aromatic rings. The summed E-state index contributed by atoms with van der Waals surface area (Å²) in [6, 6.07) is 0. The van der Waals surface area contributed by atoms with E-state index in [2.05, 4.69) is 14.7 Å². The van der Waals surface area contributed by atoms with Gasteiger partial charge in [-0.05, 0) is 0 Å². The van der Waals surface area contributed by atoms with E-state index in [4.69, 9.17) is 0 Å². The molecule has 0 unspecified atom stereocenters. The fourth-order valence-corrected chi connectivity index (χ4v) is 0.694. The van der Waals surface area contributed by atoms with Crippen LogP contribution in [-0.2, 0) is 16.0 Å². The lowest BCUT2D eigenvalue weighted by molar-refractivity contribution is -0.139. The van der Waals surface area contributed by atoms with Crippen LogP contribution in [0.1, 0.15) is 5.69 Å². The van der Waals surface area contributed by atoms with Gasteiger partial charge in [0, 0.05) is 11.9 Å². The number of H-pyrrole nitrogens is 2. The molecule has 0 aliphatic heterocycles. The summed E-state index contributed by atoms with van der Waals surface area (Å²) in [5.74, 6) is -0.375. The number of imidazole rings is 1. The number of aromatic amines is 2. The summed E-state index contributed by atoms with van der Waals surface area (Å²) in [4.78, 5) is 25.9. The van der Waals surface area contributed by atoms with E-state index < -0.39 is 0 Å². The smallest absolute Gasteiger partial charge is 0.323 e. The van der Waals surface area contributed by atoms with E-state index in [1.807, 2.05) is 0 Å². The zero-order valence-electron chi connectivity index (χ0n) is 6.01. The van der Waals surface area contributed by atoms with Crippen LogP contribution in [0.5, 0.6) is 0 Å². The number of methoxy groups -OCH3 is 1. The van der Waals surface area contributed by atoms with Gasteiger partial charge in [-0.2, -0.15) is 0 Å². The average molecular weight is 156 g/mol. The molecular formula is C6H8N2O3. The van der Waals surface area contributed by atoms with Crippen LogP contribution < -0.4 is 5.69 Å². The fourth-order valence-electron chi connectivity index (χ4n) is 0.694. The van der Waals surface area contributed by atoms with Crippen molar-refractivity contribution in [2.24, 2.45) is 0 Å². The molecule has 11 heavy (non-hydrogen) atoms. The molecular weight excluding hydrogens is 148 g/mol. The molecule has 2 N–H and O–H groups in total. The third-order valence-corrected chi connectivity index (χ3v) is 1.21. The molecule has 0 saturated carbocycles. The Bertz CT molecular complexity index is 299. The third kappa shape index (κ3) is 1.96. The summed E-state index contributed by atoms with van der Waals surface area (Å²) in [6.45, 7) is 0. The Hall–Kier alpha value is -1.52. The molecule has 0 aliphatic carbocycles. The van der Waals surface area contributed by atoms with E-state index in [1.54, 1.807) is 0 Å². The first-order valence-corrected chi connectivity index (χ1v) is 3.06. The number of aromatic nitrogens is 2. The molecule has 0 atom stereocenters. The first kappa shape index (κ1) is 7.59. The fraction of sp³-hybridized carbons (Fsp3) is 0.333. The van der Waals surface area contributed by atoms with Crippen molar-refractivity contribution in [3.63, 3.8) is 0 Å². The van der Waals surface area contributed by atoms with Crippen LogP contribution in [0.4, 0.5) is 0 Å². The van der Waals surface area contributed by atoms with E-state index >= 15 is 0 Å². The number of hydrogen-bond acceptors (Lipinski definition) is 3. The van der Waals surface area contributed by atoms with Crippen LogP contribution in [0.15, 0.2) is 11.0 Å². The Balaban J connectivity index is 2.65. The Morgan fingerprint density at radius 1 is 1.73 bits per heavy atom. The maximum absolute atomic E-state index is 10.6. The lowest BCUT2D eigenvalue weighted by Gasteiger charge is -1.93. The van der Waals surface area contributed by atoms with Gasteiger partial charge in [0.05, 0.1) is 13.5 Å². The monoisotopic (exact) mass is 156 g/mol. The Morgan fingerprint density at radius 3 is 2.91 bits per heavy atom. The van der Waals surface area contributed by atoms with E-state index in [1.165, 1.54) is 13.3 Å². The molecule has 0 amide bonds. The van der Waals surface area contributed by atoms with E-state index in [0.29, 0.717) is 5.69 Å². The second-order valence-electron chi connectivity index (χ2n) is 2.02. The highest BCUT2D eigenvalue weighted by atomic mass is 16.5. The van der Waals surface area contributed by atoms with Crippen molar-refractivity contribution < 1.29 is 9.53 Å². The second-order valence-corrected chi connectivity index (χ2v) is 2.02. The minimum atomic E-state index is -0.375. The molecule has 0 aliphatic rings. The van der Waals surface area contributed by atoms with Gasteiger partial charge in [-0.25, -0.2) is 4.79 Å². The third-order valence-electron chi connectivity index (χ3n) is 1.21. The lowest BCUT2D eigenvalue weighted by Crippen LogP contribution is -2.07.